The van der Waals surface area contributed by atoms with Gasteiger partial charge in [0, 0.05) is 44.4 Å². The lowest BCUT2D eigenvalue weighted by molar-refractivity contribution is 0.590. The standard InChI is InChI=1S/C74H57BN2/c1-73(2,3)53-35-36-65-59(41-53)62-42-54(74(4,5)6)43-63-70-56-32-20-19-31-50(56)40-67-71(70)75(77(65)72(62)63)64-44-60-61(69(49-29-17-10-18-30-49)58-34-22-21-33-57(58)68(60)48-27-15-9-16-28-48)45-66(64)76(67)55-38-51(46-23-11-7-12-24-46)37-52(39-55)47-25-13-8-14-26-47/h7-45H,1-6H3. The molecule has 0 N–H and O–H groups in total. The van der Waals surface area contributed by atoms with Gasteiger partial charge in [-0.15, -0.1) is 0 Å². The topological polar surface area (TPSA) is 8.17 Å². The zero-order valence-corrected chi connectivity index (χ0v) is 44.5. The van der Waals surface area contributed by atoms with E-state index in [0.717, 1.165) is 5.69 Å². The fourth-order valence-corrected chi connectivity index (χ4v) is 13.3. The Hall–Kier alpha value is -8.92. The predicted molar refractivity (Wildman–Crippen MR) is 332 cm³/mol. The molecule has 0 unspecified atom stereocenters. The zero-order chi connectivity index (χ0) is 51.9. The highest BCUT2D eigenvalue weighted by Crippen LogP contribution is 2.52. The molecule has 0 fully saturated rings. The molecule has 0 atom stereocenters. The maximum absolute atomic E-state index is 2.76. The zero-order valence-electron chi connectivity index (χ0n) is 44.5. The van der Waals surface area contributed by atoms with Crippen molar-refractivity contribution in [3.63, 3.8) is 0 Å². The lowest BCUT2D eigenvalue weighted by Crippen LogP contribution is -2.56. The molecule has 0 bridgehead atoms. The maximum atomic E-state index is 2.76. The van der Waals surface area contributed by atoms with Crippen molar-refractivity contribution in [2.75, 3.05) is 4.90 Å². The molecule has 0 aliphatic carbocycles. The van der Waals surface area contributed by atoms with Crippen molar-refractivity contribution >= 4 is 89.0 Å². The molecule has 13 aromatic rings. The Bertz CT molecular complexity index is 4500. The van der Waals surface area contributed by atoms with Crippen LogP contribution in [0.3, 0.4) is 0 Å². The van der Waals surface area contributed by atoms with Crippen LogP contribution in [0.2, 0.25) is 0 Å². The first-order valence-electron chi connectivity index (χ1n) is 27.4. The van der Waals surface area contributed by atoms with Crippen LogP contribution < -0.4 is 15.8 Å². The molecular weight excluding hydrogens is 928 g/mol. The molecule has 3 heteroatoms. The van der Waals surface area contributed by atoms with Crippen molar-refractivity contribution in [3.05, 3.63) is 248 Å². The number of hydrogen-bond donors (Lipinski definition) is 0. The largest absolute Gasteiger partial charge is 0.375 e. The van der Waals surface area contributed by atoms with Gasteiger partial charge in [-0.1, -0.05) is 224 Å². The van der Waals surface area contributed by atoms with Crippen molar-refractivity contribution in [1.82, 2.24) is 4.48 Å². The van der Waals surface area contributed by atoms with Gasteiger partial charge in [-0.05, 0) is 170 Å². The summed E-state index contributed by atoms with van der Waals surface area (Å²) in [4.78, 5) is 2.65. The summed E-state index contributed by atoms with van der Waals surface area (Å²) >= 11 is 0. The number of benzene rings is 12. The summed E-state index contributed by atoms with van der Waals surface area (Å²) in [6, 6.07) is 89.8. The van der Waals surface area contributed by atoms with E-state index in [-0.39, 0.29) is 17.7 Å². The summed E-state index contributed by atoms with van der Waals surface area (Å²) < 4.78 is 2.76. The number of rotatable bonds is 5. The molecule has 2 aliphatic rings. The fourth-order valence-electron chi connectivity index (χ4n) is 13.3. The van der Waals surface area contributed by atoms with Crippen LogP contribution in [0.1, 0.15) is 52.7 Å². The van der Waals surface area contributed by atoms with Gasteiger partial charge in [-0.3, -0.25) is 0 Å². The van der Waals surface area contributed by atoms with Crippen molar-refractivity contribution in [1.29, 1.82) is 0 Å². The predicted octanol–water partition coefficient (Wildman–Crippen LogP) is 18.9. The van der Waals surface area contributed by atoms with E-state index in [2.05, 4.69) is 288 Å². The number of nitrogens with zero attached hydrogens (tertiary/aromatic N) is 2. The van der Waals surface area contributed by atoms with E-state index in [4.69, 9.17) is 0 Å². The lowest BCUT2D eigenvalue weighted by atomic mass is 9.44. The molecule has 0 amide bonds. The third-order valence-corrected chi connectivity index (χ3v) is 17.0. The molecule has 12 aromatic carbocycles. The minimum atomic E-state index is -0.171. The van der Waals surface area contributed by atoms with E-state index in [1.54, 1.807) is 0 Å². The van der Waals surface area contributed by atoms with Crippen LogP contribution in [0.5, 0.6) is 0 Å². The highest BCUT2D eigenvalue weighted by atomic mass is 15.2. The van der Waals surface area contributed by atoms with Crippen LogP contribution in [0.25, 0.3) is 110 Å². The molecule has 1 aromatic heterocycles. The summed E-state index contributed by atoms with van der Waals surface area (Å²) in [5.74, 6) is 0. The van der Waals surface area contributed by atoms with Crippen molar-refractivity contribution in [2.45, 2.75) is 52.4 Å². The number of fused-ring (bicyclic) bond motifs is 11. The third-order valence-electron chi connectivity index (χ3n) is 17.0. The van der Waals surface area contributed by atoms with Gasteiger partial charge in [-0.25, -0.2) is 0 Å². The second kappa shape index (κ2) is 16.8. The van der Waals surface area contributed by atoms with Gasteiger partial charge in [0.05, 0.1) is 0 Å². The van der Waals surface area contributed by atoms with E-state index in [0.29, 0.717) is 0 Å². The normalized spacial score (nSPS) is 13.0. The van der Waals surface area contributed by atoms with Crippen LogP contribution in [0.15, 0.2) is 237 Å². The molecule has 0 spiro atoms. The van der Waals surface area contributed by atoms with Gasteiger partial charge < -0.3 is 9.38 Å². The van der Waals surface area contributed by atoms with E-state index >= 15 is 0 Å². The highest BCUT2D eigenvalue weighted by molar-refractivity contribution is 6.90. The Labute approximate surface area is 451 Å². The average molecular weight is 985 g/mol. The Morgan fingerprint density at radius 1 is 0.338 bits per heavy atom. The van der Waals surface area contributed by atoms with Gasteiger partial charge in [-0.2, -0.15) is 0 Å². The van der Waals surface area contributed by atoms with Crippen molar-refractivity contribution < 1.29 is 0 Å². The van der Waals surface area contributed by atoms with Crippen LogP contribution in [-0.4, -0.2) is 11.3 Å². The quantitative estimate of drug-likeness (QED) is 0.123. The van der Waals surface area contributed by atoms with Gasteiger partial charge >= 0.3 is 6.85 Å². The summed E-state index contributed by atoms with van der Waals surface area (Å²) in [7, 11) is 0. The minimum Gasteiger partial charge on any atom is -0.375 e. The lowest BCUT2D eigenvalue weighted by Gasteiger charge is -2.42. The van der Waals surface area contributed by atoms with E-state index in [1.165, 1.54) is 143 Å². The highest BCUT2D eigenvalue weighted by Gasteiger charge is 2.45. The molecule has 2 aliphatic heterocycles. The molecule has 0 radical (unpaired) electrons. The summed E-state index contributed by atoms with van der Waals surface area (Å²) in [5, 5.41) is 10.1. The Kier molecular flexibility index (Phi) is 9.92. The van der Waals surface area contributed by atoms with E-state index < -0.39 is 0 Å². The minimum absolute atomic E-state index is 0.0313. The first-order chi connectivity index (χ1) is 37.5. The number of hydrogen-bond acceptors (Lipinski definition) is 1. The maximum Gasteiger partial charge on any atom is 0.333 e. The van der Waals surface area contributed by atoms with E-state index in [1.807, 2.05) is 0 Å². The van der Waals surface area contributed by atoms with Crippen molar-refractivity contribution in [2.24, 2.45) is 0 Å². The summed E-state index contributed by atoms with van der Waals surface area (Å²) in [6.07, 6.45) is 0. The SMILES string of the molecule is CC(C)(C)c1ccc2c(c1)c1cc(C(C)(C)C)cc3c1n2B1c2cc4c(-c5ccccc5)c5ccccc5c(-c5ccccc5)c4cc2N(c2cc(-c4ccccc4)cc(-c4ccccc4)c2)c2cc4ccccc4c-3c21. The number of anilines is 3. The summed E-state index contributed by atoms with van der Waals surface area (Å²) in [5.41, 5.74) is 23.5. The second-order valence-electron chi connectivity index (χ2n) is 23.7. The van der Waals surface area contributed by atoms with Crippen LogP contribution in [0, 0.1) is 0 Å². The Balaban J connectivity index is 1.17. The molecule has 366 valence electrons. The van der Waals surface area contributed by atoms with Gasteiger partial charge in [0.2, 0.25) is 0 Å². The fraction of sp³-hybridized carbons (Fsp3) is 0.108. The summed E-state index contributed by atoms with van der Waals surface area (Å²) in [6.45, 7) is 14.0. The van der Waals surface area contributed by atoms with Crippen molar-refractivity contribution in [3.8, 4) is 55.6 Å². The smallest absolute Gasteiger partial charge is 0.333 e. The Morgan fingerprint density at radius 3 is 1.42 bits per heavy atom. The molecular formula is C74H57BN2. The molecule has 77 heavy (non-hydrogen) atoms. The monoisotopic (exact) mass is 984 g/mol. The van der Waals surface area contributed by atoms with Gasteiger partial charge in [0.1, 0.15) is 0 Å². The number of aromatic nitrogens is 1. The third kappa shape index (κ3) is 6.96. The molecule has 0 saturated heterocycles. The van der Waals surface area contributed by atoms with Gasteiger partial charge in [0.15, 0.2) is 0 Å². The van der Waals surface area contributed by atoms with Gasteiger partial charge in [0.25, 0.3) is 0 Å². The average Bonchev–Trinajstić information content (AvgIpc) is 4.07. The Morgan fingerprint density at radius 2 is 0.844 bits per heavy atom. The molecule has 0 saturated carbocycles. The molecule has 15 rings (SSSR count). The van der Waals surface area contributed by atoms with E-state index in [9.17, 15) is 0 Å². The van der Waals surface area contributed by atoms with Crippen LogP contribution >= 0.6 is 0 Å². The molecule has 3 heterocycles. The molecule has 2 nitrogen and oxygen atoms in total. The van der Waals surface area contributed by atoms with Crippen LogP contribution in [0.4, 0.5) is 17.1 Å². The van der Waals surface area contributed by atoms with Crippen LogP contribution in [-0.2, 0) is 10.8 Å². The first-order valence-corrected chi connectivity index (χ1v) is 27.4. The second-order valence-corrected chi connectivity index (χ2v) is 23.7. The first kappa shape index (κ1) is 45.5.